The summed E-state index contributed by atoms with van der Waals surface area (Å²) in [7, 11) is -0.529. The van der Waals surface area contributed by atoms with Crippen molar-refractivity contribution in [2.75, 3.05) is 75.2 Å². The summed E-state index contributed by atoms with van der Waals surface area (Å²) in [5.74, 6) is 1.64. The Bertz CT molecular complexity index is 1800. The molecule has 0 spiro atoms. The molecule has 0 saturated carbocycles. The summed E-state index contributed by atoms with van der Waals surface area (Å²) in [4.78, 5) is 25.5. The van der Waals surface area contributed by atoms with Gasteiger partial charge in [0.25, 0.3) is 0 Å². The van der Waals surface area contributed by atoms with Crippen molar-refractivity contribution in [1.29, 1.82) is 0 Å². The Kier molecular flexibility index (Phi) is 8.37. The number of ether oxygens (including phenoxy) is 1. The number of likely N-dealkylation sites (tertiary alicyclic amines) is 1. The van der Waals surface area contributed by atoms with Gasteiger partial charge < -0.3 is 29.7 Å². The number of nitrogens with one attached hydrogen (secondary N) is 2. The van der Waals surface area contributed by atoms with Crippen molar-refractivity contribution in [3.63, 3.8) is 0 Å². The first kappa shape index (κ1) is 30.6. The second kappa shape index (κ2) is 12.3. The van der Waals surface area contributed by atoms with Gasteiger partial charge in [-0.2, -0.15) is 4.98 Å². The summed E-state index contributed by atoms with van der Waals surface area (Å²) >= 11 is 10.5. The molecule has 2 aromatic carbocycles. The maximum absolute atomic E-state index is 13.4. The Morgan fingerprint density at radius 1 is 1.02 bits per heavy atom. The minimum absolute atomic E-state index is 0.276. The zero-order valence-corrected chi connectivity index (χ0v) is 28.7. The van der Waals surface area contributed by atoms with Gasteiger partial charge in [-0.05, 0) is 80.4 Å². The average Bonchev–Trinajstić information content (AvgIpc) is 3.02. The Hall–Kier alpha value is -3.02. The molecule has 0 radical (unpaired) electrons. The van der Waals surface area contributed by atoms with Gasteiger partial charge in [0.2, 0.25) is 5.95 Å². The molecule has 0 amide bonds. The Morgan fingerprint density at radius 2 is 1.82 bits per heavy atom. The smallest absolute Gasteiger partial charge is 0.229 e. The van der Waals surface area contributed by atoms with Crippen LogP contribution in [0.2, 0.25) is 5.02 Å². The lowest BCUT2D eigenvalue weighted by Gasteiger charge is -2.49. The molecule has 2 saturated heterocycles. The van der Waals surface area contributed by atoms with Crippen molar-refractivity contribution in [1.82, 2.24) is 29.7 Å². The number of fused-ring (bicyclic) bond motifs is 4. The minimum atomic E-state index is -2.74. The molecule has 2 N–H and O–H groups in total. The summed E-state index contributed by atoms with van der Waals surface area (Å²) in [6.07, 6.45) is 7.35. The number of benzene rings is 2. The number of hydrogen-bond acceptors (Lipinski definition) is 11. The fourth-order valence-corrected chi connectivity index (χ4v) is 8.67. The quantitative estimate of drug-likeness (QED) is 0.246. The van der Waals surface area contributed by atoms with E-state index >= 15 is 0 Å². The number of anilines is 5. The molecule has 2 fully saturated rings. The fourth-order valence-electron chi connectivity index (χ4n) is 6.67. The van der Waals surface area contributed by atoms with E-state index in [0.29, 0.717) is 55.9 Å². The number of hydrogen-bond donors (Lipinski definition) is 2. The van der Waals surface area contributed by atoms with E-state index in [0.717, 1.165) is 49.8 Å². The molecule has 2 aromatic heterocycles. The van der Waals surface area contributed by atoms with Crippen LogP contribution in [0.4, 0.5) is 28.8 Å². The minimum Gasteiger partial charge on any atom is -0.489 e. The zero-order chi connectivity index (χ0) is 31.3. The van der Waals surface area contributed by atoms with Gasteiger partial charge in [-0.15, -0.1) is 0 Å². The normalized spacial score (nSPS) is 19.6. The molecule has 7 rings (SSSR count). The molecule has 0 unspecified atom stereocenters. The highest BCUT2D eigenvalue weighted by molar-refractivity contribution is 9.10. The van der Waals surface area contributed by atoms with Crippen molar-refractivity contribution in [2.45, 2.75) is 24.9 Å². The lowest BCUT2D eigenvalue weighted by molar-refractivity contribution is 0.0868. The highest BCUT2D eigenvalue weighted by atomic mass is 79.9. The molecular weight excluding hydrogens is 677 g/mol. The SMILES string of the molecule is CN1CCC(N2CCN3c4c(Cl)cc(Nc5ncc(Br)c(Nc6ccc7nccnc7c6P(C)(C)=O)n5)cc4OC[C@H]3C2)CC1. The second-order valence-corrected chi connectivity index (χ2v) is 16.8. The molecule has 1 atom stereocenters. The molecule has 5 heterocycles. The standard InChI is InChI=1S/C31H36BrClN9O2P/c1-40-10-6-20(7-11-40)41-12-13-42-21(17-41)18-44-26-15-19(14-23(33)28(26)42)37-31-36-16-22(32)30(39-31)38-25-5-4-24-27(35-9-8-34-24)29(25)45(2,3)43/h4-5,8-9,14-16,20-21H,6-7,10-13,17-18H2,1-3H3,(H2,36,37,38,39)/t21-/m1/s1. The maximum atomic E-state index is 13.4. The highest BCUT2D eigenvalue weighted by Crippen LogP contribution is 2.44. The molecule has 11 nitrogen and oxygen atoms in total. The highest BCUT2D eigenvalue weighted by Gasteiger charge is 2.37. The van der Waals surface area contributed by atoms with Crippen molar-refractivity contribution < 1.29 is 9.30 Å². The van der Waals surface area contributed by atoms with Crippen molar-refractivity contribution in [3.8, 4) is 5.75 Å². The Morgan fingerprint density at radius 3 is 2.62 bits per heavy atom. The number of nitrogens with zero attached hydrogens (tertiary/aromatic N) is 7. The van der Waals surface area contributed by atoms with E-state index < -0.39 is 7.14 Å². The predicted molar refractivity (Wildman–Crippen MR) is 185 cm³/mol. The average molecular weight is 713 g/mol. The van der Waals surface area contributed by atoms with Crippen LogP contribution in [0.3, 0.4) is 0 Å². The molecule has 236 valence electrons. The summed E-state index contributed by atoms with van der Waals surface area (Å²) in [5, 5.41) is 7.89. The Balaban J connectivity index is 1.10. The topological polar surface area (TPSA) is 112 Å². The number of halogens is 2. The number of aromatic nitrogens is 4. The van der Waals surface area contributed by atoms with Crippen LogP contribution < -0.4 is 25.6 Å². The van der Waals surface area contributed by atoms with E-state index in [4.69, 9.17) is 21.3 Å². The molecule has 3 aliphatic rings. The van der Waals surface area contributed by atoms with Crippen LogP contribution in [0.5, 0.6) is 5.75 Å². The lowest BCUT2D eigenvalue weighted by atomic mass is 10.00. The van der Waals surface area contributed by atoms with Gasteiger partial charge in [-0.3, -0.25) is 14.9 Å². The molecule has 0 aliphatic carbocycles. The molecule has 4 aromatic rings. The van der Waals surface area contributed by atoms with Gasteiger partial charge in [0.1, 0.15) is 30.8 Å². The predicted octanol–water partition coefficient (Wildman–Crippen LogP) is 5.55. The van der Waals surface area contributed by atoms with Gasteiger partial charge >= 0.3 is 0 Å². The third kappa shape index (κ3) is 6.23. The Labute approximate surface area is 276 Å². The van der Waals surface area contributed by atoms with Crippen LogP contribution in [0.15, 0.2) is 47.3 Å². The van der Waals surface area contributed by atoms with Gasteiger partial charge in [0, 0.05) is 56.0 Å². The molecule has 3 aliphatic heterocycles. The van der Waals surface area contributed by atoms with Gasteiger partial charge in [0.15, 0.2) is 0 Å². The van der Waals surface area contributed by atoms with E-state index in [2.05, 4.69) is 63.3 Å². The lowest BCUT2D eigenvalue weighted by Crippen LogP contribution is -2.60. The first-order valence-corrected chi connectivity index (χ1v) is 18.9. The van der Waals surface area contributed by atoms with Crippen LogP contribution in [-0.2, 0) is 4.57 Å². The molecule has 45 heavy (non-hydrogen) atoms. The van der Waals surface area contributed by atoms with Crippen molar-refractivity contribution in [3.05, 3.63) is 52.4 Å². The summed E-state index contributed by atoms with van der Waals surface area (Å²) in [5.41, 5.74) is 3.62. The van der Waals surface area contributed by atoms with Crippen molar-refractivity contribution in [2.24, 2.45) is 0 Å². The molecule has 14 heteroatoms. The number of rotatable bonds is 6. The summed E-state index contributed by atoms with van der Waals surface area (Å²) in [6.45, 7) is 9.34. The molecular formula is C31H36BrClN9O2P. The number of piperazine rings is 1. The fraction of sp³-hybridized carbons (Fsp3) is 0.419. The number of piperidine rings is 1. The first-order chi connectivity index (χ1) is 21.6. The maximum Gasteiger partial charge on any atom is 0.229 e. The third-order valence-electron chi connectivity index (χ3n) is 8.87. The monoisotopic (exact) mass is 711 g/mol. The zero-order valence-electron chi connectivity index (χ0n) is 25.5. The van der Waals surface area contributed by atoms with Crippen molar-refractivity contribution >= 4 is 79.8 Å². The van der Waals surface area contributed by atoms with E-state index in [1.165, 1.54) is 12.8 Å². The van der Waals surface area contributed by atoms with Gasteiger partial charge in [-0.1, -0.05) is 11.6 Å². The first-order valence-electron chi connectivity index (χ1n) is 15.2. The summed E-state index contributed by atoms with van der Waals surface area (Å²) < 4.78 is 20.3. The van der Waals surface area contributed by atoms with E-state index in [9.17, 15) is 4.57 Å². The summed E-state index contributed by atoms with van der Waals surface area (Å²) in [6, 6.07) is 8.49. The largest absolute Gasteiger partial charge is 0.489 e. The van der Waals surface area contributed by atoms with E-state index in [1.807, 2.05) is 24.3 Å². The van der Waals surface area contributed by atoms with Crippen LogP contribution in [0.1, 0.15) is 12.8 Å². The molecule has 0 bridgehead atoms. The van der Waals surface area contributed by atoms with Crippen LogP contribution in [-0.4, -0.2) is 102 Å². The second-order valence-electron chi connectivity index (χ2n) is 12.4. The van der Waals surface area contributed by atoms with Gasteiger partial charge in [0.05, 0.1) is 37.7 Å². The van der Waals surface area contributed by atoms with Crippen LogP contribution in [0, 0.1) is 0 Å². The van der Waals surface area contributed by atoms with Crippen LogP contribution in [0.25, 0.3) is 11.0 Å². The van der Waals surface area contributed by atoms with Crippen LogP contribution >= 0.6 is 34.7 Å². The van der Waals surface area contributed by atoms with Gasteiger partial charge in [-0.25, -0.2) is 4.98 Å². The third-order valence-corrected chi connectivity index (χ3v) is 11.3. The van der Waals surface area contributed by atoms with E-state index in [-0.39, 0.29) is 6.04 Å². The van der Waals surface area contributed by atoms with E-state index in [1.54, 1.807) is 31.9 Å².